The van der Waals surface area contributed by atoms with E-state index in [0.717, 1.165) is 17.7 Å². The van der Waals surface area contributed by atoms with Crippen molar-refractivity contribution in [3.8, 4) is 0 Å². The van der Waals surface area contributed by atoms with Crippen LogP contribution >= 0.6 is 0 Å². The van der Waals surface area contributed by atoms with Crippen LogP contribution in [0.4, 0.5) is 27.6 Å². The molecule has 0 unspecified atom stereocenters. The molecule has 0 radical (unpaired) electrons. The highest BCUT2D eigenvalue weighted by Crippen LogP contribution is 2.38. The molecule has 1 aliphatic carbocycles. The zero-order chi connectivity index (χ0) is 23.0. The fourth-order valence-electron chi connectivity index (χ4n) is 3.64. The predicted octanol–water partition coefficient (Wildman–Crippen LogP) is 3.78. The summed E-state index contributed by atoms with van der Waals surface area (Å²) in [6.45, 7) is 1.03. The quantitative estimate of drug-likeness (QED) is 0.684. The summed E-state index contributed by atoms with van der Waals surface area (Å²) < 4.78 is 68.7. The second-order valence-electron chi connectivity index (χ2n) is 7.54. The van der Waals surface area contributed by atoms with E-state index >= 15 is 0 Å². The number of anilines is 1. The molecule has 2 amide bonds. The molecule has 0 aliphatic heterocycles. The summed E-state index contributed by atoms with van der Waals surface area (Å²) in [6.07, 6.45) is -4.19. The van der Waals surface area contributed by atoms with Gasteiger partial charge in [-0.2, -0.15) is 18.3 Å². The van der Waals surface area contributed by atoms with Crippen molar-refractivity contribution in [2.45, 2.75) is 51.3 Å². The maximum Gasteiger partial charge on any atom is 0.420 e. The molecule has 1 saturated carbocycles. The van der Waals surface area contributed by atoms with Crippen molar-refractivity contribution in [1.82, 2.24) is 14.8 Å². The number of nitrogens with one attached hydrogen (secondary N) is 1. The number of aromatic nitrogens is 3. The molecule has 0 aromatic carbocycles. The summed E-state index contributed by atoms with van der Waals surface area (Å²) in [4.78, 5) is 27.8. The lowest BCUT2D eigenvalue weighted by Gasteiger charge is -2.28. The molecular formula is C19H20F5N5O2. The van der Waals surface area contributed by atoms with E-state index in [1.807, 2.05) is 0 Å². The zero-order valence-corrected chi connectivity index (χ0v) is 16.5. The molecule has 168 valence electrons. The maximum absolute atomic E-state index is 13.7. The first-order valence-corrected chi connectivity index (χ1v) is 9.47. The maximum atomic E-state index is 13.7. The van der Waals surface area contributed by atoms with Gasteiger partial charge in [0, 0.05) is 31.3 Å². The van der Waals surface area contributed by atoms with E-state index in [-0.39, 0.29) is 49.5 Å². The Hall–Kier alpha value is -3.05. The Kier molecular flexibility index (Phi) is 6.01. The van der Waals surface area contributed by atoms with Gasteiger partial charge in [0.25, 0.3) is 11.8 Å². The molecule has 3 rings (SSSR count). The molecule has 0 atom stereocenters. The number of amides is 2. The highest BCUT2D eigenvalue weighted by molar-refractivity contribution is 6.05. The van der Waals surface area contributed by atoms with Gasteiger partial charge in [-0.25, -0.2) is 8.78 Å². The van der Waals surface area contributed by atoms with Gasteiger partial charge in [0.1, 0.15) is 17.0 Å². The molecule has 2 aromatic rings. The lowest BCUT2D eigenvalue weighted by atomic mass is 9.87. The third-order valence-corrected chi connectivity index (χ3v) is 5.16. The fourth-order valence-corrected chi connectivity index (χ4v) is 3.64. The summed E-state index contributed by atoms with van der Waals surface area (Å²) >= 11 is 0. The van der Waals surface area contributed by atoms with E-state index in [4.69, 9.17) is 5.73 Å². The Balaban J connectivity index is 1.92. The second-order valence-corrected chi connectivity index (χ2v) is 7.54. The average Bonchev–Trinajstić information content (AvgIpc) is 3.00. The largest absolute Gasteiger partial charge is 0.420 e. The minimum atomic E-state index is -4.86. The number of nitrogens with two attached hydrogens (primary N) is 1. The van der Waals surface area contributed by atoms with Crippen molar-refractivity contribution < 1.29 is 31.5 Å². The third kappa shape index (κ3) is 5.17. The lowest BCUT2D eigenvalue weighted by Crippen LogP contribution is -2.29. The minimum Gasteiger partial charge on any atom is -0.364 e. The standard InChI is InChI=1S/C19H20F5N5O2/c1-10-14(19(22,23)24)15(17(31)27-12-4-7-26-13(8-12)16(25)30)29(28-10)9-11-2-5-18(20,21)6-3-11/h4,7-8,11H,2-3,5-6,9H2,1H3,(H2,25,30)(H,26,27,31). The molecule has 0 saturated heterocycles. The molecule has 31 heavy (non-hydrogen) atoms. The number of aryl methyl sites for hydroxylation is 1. The normalized spacial score (nSPS) is 16.8. The minimum absolute atomic E-state index is 0.0182. The number of hydrogen-bond acceptors (Lipinski definition) is 4. The summed E-state index contributed by atoms with van der Waals surface area (Å²) in [5.74, 6) is -5.10. The molecule has 1 fully saturated rings. The third-order valence-electron chi connectivity index (χ3n) is 5.16. The smallest absolute Gasteiger partial charge is 0.364 e. The summed E-state index contributed by atoms with van der Waals surface area (Å²) in [5, 5.41) is 6.18. The Morgan fingerprint density at radius 1 is 1.29 bits per heavy atom. The van der Waals surface area contributed by atoms with Crippen LogP contribution in [0.2, 0.25) is 0 Å². The van der Waals surface area contributed by atoms with Crippen LogP contribution in [0, 0.1) is 12.8 Å². The number of alkyl halides is 5. The first kappa shape index (κ1) is 22.6. The second kappa shape index (κ2) is 8.23. The zero-order valence-electron chi connectivity index (χ0n) is 16.5. The number of rotatable bonds is 5. The lowest BCUT2D eigenvalue weighted by molar-refractivity contribution is -0.138. The van der Waals surface area contributed by atoms with E-state index in [2.05, 4.69) is 15.4 Å². The topological polar surface area (TPSA) is 103 Å². The van der Waals surface area contributed by atoms with Gasteiger partial charge < -0.3 is 11.1 Å². The molecule has 2 aromatic heterocycles. The van der Waals surface area contributed by atoms with Gasteiger partial charge in [-0.05, 0) is 37.8 Å². The molecule has 7 nitrogen and oxygen atoms in total. The Labute approximate surface area is 173 Å². The number of nitrogens with zero attached hydrogens (tertiary/aromatic N) is 3. The van der Waals surface area contributed by atoms with Gasteiger partial charge in [0.15, 0.2) is 0 Å². The predicted molar refractivity (Wildman–Crippen MR) is 99.6 cm³/mol. The summed E-state index contributed by atoms with van der Waals surface area (Å²) in [7, 11) is 0. The van der Waals surface area contributed by atoms with Crippen molar-refractivity contribution in [2.75, 3.05) is 5.32 Å². The Morgan fingerprint density at radius 3 is 2.52 bits per heavy atom. The van der Waals surface area contributed by atoms with Gasteiger partial charge in [0.2, 0.25) is 5.92 Å². The fraction of sp³-hybridized carbons (Fsp3) is 0.474. The van der Waals surface area contributed by atoms with Crippen LogP contribution in [0.25, 0.3) is 0 Å². The monoisotopic (exact) mass is 445 g/mol. The highest BCUT2D eigenvalue weighted by atomic mass is 19.4. The van der Waals surface area contributed by atoms with Crippen molar-refractivity contribution in [1.29, 1.82) is 0 Å². The molecular weight excluding hydrogens is 425 g/mol. The number of primary amides is 1. The number of carbonyl (C=O) groups excluding carboxylic acids is 2. The van der Waals surface area contributed by atoms with Crippen LogP contribution in [0.1, 0.15) is 57.9 Å². The van der Waals surface area contributed by atoms with Crippen LogP contribution in [0.5, 0.6) is 0 Å². The van der Waals surface area contributed by atoms with Gasteiger partial charge in [-0.1, -0.05) is 0 Å². The first-order valence-electron chi connectivity index (χ1n) is 9.47. The van der Waals surface area contributed by atoms with Crippen molar-refractivity contribution >= 4 is 17.5 Å². The number of pyridine rings is 1. The molecule has 12 heteroatoms. The van der Waals surface area contributed by atoms with E-state index in [0.29, 0.717) is 0 Å². The van der Waals surface area contributed by atoms with Crippen LogP contribution in [-0.2, 0) is 12.7 Å². The van der Waals surface area contributed by atoms with E-state index in [1.165, 1.54) is 12.3 Å². The van der Waals surface area contributed by atoms with Crippen molar-refractivity contribution in [3.63, 3.8) is 0 Å². The SMILES string of the molecule is Cc1nn(CC2CCC(F)(F)CC2)c(C(=O)Nc2ccnc(C(N)=O)c2)c1C(F)(F)F. The Bertz CT molecular complexity index is 992. The van der Waals surface area contributed by atoms with E-state index < -0.39 is 40.9 Å². The average molecular weight is 445 g/mol. The van der Waals surface area contributed by atoms with Gasteiger partial charge in [-0.15, -0.1) is 0 Å². The van der Waals surface area contributed by atoms with Crippen molar-refractivity contribution in [2.24, 2.45) is 11.7 Å². The first-order chi connectivity index (χ1) is 14.4. The van der Waals surface area contributed by atoms with Crippen molar-refractivity contribution in [3.05, 3.63) is 41.0 Å². The van der Waals surface area contributed by atoms with Crippen LogP contribution in [0.3, 0.4) is 0 Å². The van der Waals surface area contributed by atoms with Gasteiger partial charge in [-0.3, -0.25) is 19.3 Å². The molecule has 0 spiro atoms. The van der Waals surface area contributed by atoms with E-state index in [1.54, 1.807) is 0 Å². The molecule has 0 bridgehead atoms. The van der Waals surface area contributed by atoms with E-state index in [9.17, 15) is 31.5 Å². The molecule has 2 heterocycles. The van der Waals surface area contributed by atoms with Crippen LogP contribution < -0.4 is 11.1 Å². The number of carbonyl (C=O) groups is 2. The molecule has 1 aliphatic rings. The number of hydrogen-bond donors (Lipinski definition) is 2. The van der Waals surface area contributed by atoms with Crippen LogP contribution in [0.15, 0.2) is 18.3 Å². The Morgan fingerprint density at radius 2 is 1.94 bits per heavy atom. The van der Waals surface area contributed by atoms with Gasteiger partial charge >= 0.3 is 6.18 Å². The highest BCUT2D eigenvalue weighted by Gasteiger charge is 2.42. The number of halogens is 5. The summed E-state index contributed by atoms with van der Waals surface area (Å²) in [6, 6.07) is 2.42. The summed E-state index contributed by atoms with van der Waals surface area (Å²) in [5.41, 5.74) is 2.65. The van der Waals surface area contributed by atoms with Crippen LogP contribution in [-0.4, -0.2) is 32.5 Å². The van der Waals surface area contributed by atoms with Gasteiger partial charge in [0.05, 0.1) is 5.69 Å². The molecule has 3 N–H and O–H groups in total.